The third kappa shape index (κ3) is 4.22. The maximum absolute atomic E-state index is 12.4. The van der Waals surface area contributed by atoms with Gasteiger partial charge in [0.15, 0.2) is 11.5 Å². The normalized spacial score (nSPS) is 20.6. The SMILES string of the molecule is CC1(C)Oc2ccc(CN3CCC(C(=O)NCc4ccccn4)C3)cc2O1. The summed E-state index contributed by atoms with van der Waals surface area (Å²) >= 11 is 0. The molecular weight excluding hydrogens is 342 g/mol. The van der Waals surface area contributed by atoms with Crippen LogP contribution in [0.2, 0.25) is 0 Å². The Morgan fingerprint density at radius 1 is 1.26 bits per heavy atom. The predicted molar refractivity (Wildman–Crippen MR) is 101 cm³/mol. The number of likely N-dealkylation sites (tertiary alicyclic amines) is 1. The summed E-state index contributed by atoms with van der Waals surface area (Å²) in [7, 11) is 0. The lowest BCUT2D eigenvalue weighted by Crippen LogP contribution is -2.32. The van der Waals surface area contributed by atoms with Crippen molar-refractivity contribution in [2.45, 2.75) is 39.1 Å². The summed E-state index contributed by atoms with van der Waals surface area (Å²) in [4.78, 5) is 19.0. The number of carbonyl (C=O) groups is 1. The molecule has 3 heterocycles. The molecule has 1 atom stereocenters. The monoisotopic (exact) mass is 367 g/mol. The molecule has 0 radical (unpaired) electrons. The van der Waals surface area contributed by atoms with E-state index in [4.69, 9.17) is 9.47 Å². The van der Waals surface area contributed by atoms with Gasteiger partial charge in [0.1, 0.15) is 0 Å². The van der Waals surface area contributed by atoms with Gasteiger partial charge in [-0.3, -0.25) is 14.7 Å². The van der Waals surface area contributed by atoms with Crippen LogP contribution in [0.1, 0.15) is 31.5 Å². The number of nitrogens with one attached hydrogen (secondary N) is 1. The largest absolute Gasteiger partial charge is 0.449 e. The van der Waals surface area contributed by atoms with Crippen LogP contribution in [0.3, 0.4) is 0 Å². The van der Waals surface area contributed by atoms with E-state index in [1.165, 1.54) is 5.56 Å². The van der Waals surface area contributed by atoms with E-state index in [0.717, 1.165) is 43.2 Å². The zero-order chi connectivity index (χ0) is 18.9. The Morgan fingerprint density at radius 3 is 2.93 bits per heavy atom. The predicted octanol–water partition coefficient (Wildman–Crippen LogP) is 2.73. The molecule has 1 aromatic carbocycles. The fourth-order valence-electron chi connectivity index (χ4n) is 3.64. The smallest absolute Gasteiger partial charge is 0.246 e. The first kappa shape index (κ1) is 17.8. The van der Waals surface area contributed by atoms with Crippen LogP contribution < -0.4 is 14.8 Å². The fraction of sp³-hybridized carbons (Fsp3) is 0.429. The summed E-state index contributed by atoms with van der Waals surface area (Å²) in [6, 6.07) is 11.8. The lowest BCUT2D eigenvalue weighted by atomic mass is 10.1. The molecule has 27 heavy (non-hydrogen) atoms. The highest BCUT2D eigenvalue weighted by Gasteiger charge is 2.32. The van der Waals surface area contributed by atoms with E-state index in [0.29, 0.717) is 6.54 Å². The van der Waals surface area contributed by atoms with Crippen molar-refractivity contribution in [1.82, 2.24) is 15.2 Å². The minimum absolute atomic E-state index is 0.0293. The van der Waals surface area contributed by atoms with Gasteiger partial charge in [0.25, 0.3) is 0 Å². The van der Waals surface area contributed by atoms with Gasteiger partial charge in [-0.2, -0.15) is 0 Å². The summed E-state index contributed by atoms with van der Waals surface area (Å²) in [5.41, 5.74) is 2.05. The van der Waals surface area contributed by atoms with Gasteiger partial charge in [0, 0.05) is 33.1 Å². The Kier molecular flexibility index (Phi) is 4.74. The first-order valence-corrected chi connectivity index (χ1v) is 9.39. The number of benzene rings is 1. The summed E-state index contributed by atoms with van der Waals surface area (Å²) < 4.78 is 11.6. The van der Waals surface area contributed by atoms with Gasteiger partial charge in [-0.25, -0.2) is 0 Å². The number of aromatic nitrogens is 1. The molecule has 4 rings (SSSR count). The lowest BCUT2D eigenvalue weighted by Gasteiger charge is -2.17. The number of hydrogen-bond donors (Lipinski definition) is 1. The second-order valence-electron chi connectivity index (χ2n) is 7.64. The zero-order valence-corrected chi connectivity index (χ0v) is 15.8. The van der Waals surface area contributed by atoms with Crippen LogP contribution in [-0.4, -0.2) is 34.7 Å². The zero-order valence-electron chi connectivity index (χ0n) is 15.8. The maximum atomic E-state index is 12.4. The van der Waals surface area contributed by atoms with Gasteiger partial charge >= 0.3 is 0 Å². The molecule has 0 bridgehead atoms. The molecule has 6 heteroatoms. The number of amides is 1. The minimum atomic E-state index is -0.606. The van der Waals surface area contributed by atoms with E-state index in [1.807, 2.05) is 44.2 Å². The Labute approximate surface area is 159 Å². The van der Waals surface area contributed by atoms with Gasteiger partial charge in [-0.1, -0.05) is 12.1 Å². The van der Waals surface area contributed by atoms with Crippen molar-refractivity contribution in [2.24, 2.45) is 5.92 Å². The molecule has 2 aliphatic heterocycles. The number of hydrogen-bond acceptors (Lipinski definition) is 5. The molecule has 1 N–H and O–H groups in total. The molecule has 1 fully saturated rings. The van der Waals surface area contributed by atoms with Crippen molar-refractivity contribution in [2.75, 3.05) is 13.1 Å². The molecule has 1 amide bonds. The minimum Gasteiger partial charge on any atom is -0.449 e. The standard InChI is InChI=1S/C21H25N3O3/c1-21(2)26-18-7-6-15(11-19(18)27-21)13-24-10-8-16(14-24)20(25)23-12-17-5-3-4-9-22-17/h3-7,9,11,16H,8,10,12-14H2,1-2H3,(H,23,25). The molecular formula is C21H25N3O3. The van der Waals surface area contributed by atoms with E-state index in [1.54, 1.807) is 6.20 Å². The highest BCUT2D eigenvalue weighted by atomic mass is 16.7. The van der Waals surface area contributed by atoms with Gasteiger partial charge in [-0.15, -0.1) is 0 Å². The second kappa shape index (κ2) is 7.19. The van der Waals surface area contributed by atoms with E-state index in [-0.39, 0.29) is 11.8 Å². The molecule has 2 aliphatic rings. The lowest BCUT2D eigenvalue weighted by molar-refractivity contribution is -0.124. The average molecular weight is 367 g/mol. The molecule has 2 aromatic rings. The molecule has 0 spiro atoms. The maximum Gasteiger partial charge on any atom is 0.246 e. The Hall–Kier alpha value is -2.60. The van der Waals surface area contributed by atoms with Gasteiger partial charge < -0.3 is 14.8 Å². The van der Waals surface area contributed by atoms with E-state index >= 15 is 0 Å². The Balaban J connectivity index is 1.29. The number of ether oxygens (including phenoxy) is 2. The molecule has 0 saturated carbocycles. The van der Waals surface area contributed by atoms with Crippen LogP contribution in [0.15, 0.2) is 42.6 Å². The van der Waals surface area contributed by atoms with Crippen LogP contribution in [0.25, 0.3) is 0 Å². The van der Waals surface area contributed by atoms with Crippen molar-refractivity contribution < 1.29 is 14.3 Å². The van der Waals surface area contributed by atoms with Crippen molar-refractivity contribution in [3.8, 4) is 11.5 Å². The third-order valence-corrected chi connectivity index (χ3v) is 4.94. The third-order valence-electron chi connectivity index (χ3n) is 4.94. The summed E-state index contributed by atoms with van der Waals surface area (Å²) in [5.74, 6) is 1.11. The van der Waals surface area contributed by atoms with Gasteiger partial charge in [0.05, 0.1) is 18.2 Å². The highest BCUT2D eigenvalue weighted by molar-refractivity contribution is 5.79. The summed E-state index contributed by atoms with van der Waals surface area (Å²) in [6.07, 6.45) is 2.62. The summed E-state index contributed by atoms with van der Waals surface area (Å²) in [6.45, 7) is 6.79. The quantitative estimate of drug-likeness (QED) is 0.880. The number of fused-ring (bicyclic) bond motifs is 1. The van der Waals surface area contributed by atoms with Crippen LogP contribution in [-0.2, 0) is 17.9 Å². The summed E-state index contributed by atoms with van der Waals surface area (Å²) in [5, 5.41) is 3.00. The van der Waals surface area contributed by atoms with Crippen molar-refractivity contribution in [3.05, 3.63) is 53.9 Å². The second-order valence-corrected chi connectivity index (χ2v) is 7.64. The van der Waals surface area contributed by atoms with Crippen LogP contribution in [0.5, 0.6) is 11.5 Å². The van der Waals surface area contributed by atoms with Crippen molar-refractivity contribution >= 4 is 5.91 Å². The van der Waals surface area contributed by atoms with Crippen LogP contribution in [0, 0.1) is 5.92 Å². The van der Waals surface area contributed by atoms with Crippen molar-refractivity contribution in [1.29, 1.82) is 0 Å². The average Bonchev–Trinajstić information content (AvgIpc) is 3.23. The van der Waals surface area contributed by atoms with Crippen LogP contribution >= 0.6 is 0 Å². The fourth-order valence-corrected chi connectivity index (χ4v) is 3.64. The highest BCUT2D eigenvalue weighted by Crippen LogP contribution is 2.39. The number of rotatable bonds is 5. The first-order valence-electron chi connectivity index (χ1n) is 9.39. The molecule has 6 nitrogen and oxygen atoms in total. The van der Waals surface area contributed by atoms with Crippen LogP contribution in [0.4, 0.5) is 0 Å². The van der Waals surface area contributed by atoms with Gasteiger partial charge in [0.2, 0.25) is 11.7 Å². The Bertz CT molecular complexity index is 823. The van der Waals surface area contributed by atoms with Gasteiger partial charge in [-0.05, 0) is 42.8 Å². The molecule has 1 saturated heterocycles. The molecule has 142 valence electrons. The van der Waals surface area contributed by atoms with E-state index < -0.39 is 5.79 Å². The molecule has 1 unspecified atom stereocenters. The van der Waals surface area contributed by atoms with Crippen molar-refractivity contribution in [3.63, 3.8) is 0 Å². The molecule has 1 aromatic heterocycles. The number of nitrogens with zero attached hydrogens (tertiary/aromatic N) is 2. The number of carbonyl (C=O) groups excluding carboxylic acids is 1. The van der Waals surface area contributed by atoms with E-state index in [2.05, 4.69) is 21.3 Å². The first-order chi connectivity index (χ1) is 13.0. The topological polar surface area (TPSA) is 63.7 Å². The Morgan fingerprint density at radius 2 is 2.11 bits per heavy atom. The molecule has 0 aliphatic carbocycles. The van der Waals surface area contributed by atoms with E-state index in [9.17, 15) is 4.79 Å². The number of pyridine rings is 1.